The summed E-state index contributed by atoms with van der Waals surface area (Å²) in [6.45, 7) is 1.62. The number of benzene rings is 1. The number of aromatic nitrogens is 2. The molecule has 5 rings (SSSR count). The summed E-state index contributed by atoms with van der Waals surface area (Å²) in [5, 5.41) is 4.30. The van der Waals surface area contributed by atoms with E-state index in [1.807, 2.05) is 24.4 Å². The highest BCUT2D eigenvalue weighted by Gasteiger charge is 2.42. The van der Waals surface area contributed by atoms with E-state index in [9.17, 15) is 0 Å². The Labute approximate surface area is 190 Å². The van der Waals surface area contributed by atoms with Crippen molar-refractivity contribution in [2.24, 2.45) is 0 Å². The monoisotopic (exact) mass is 482 g/mol. The molecular formula is C23H23BrN4OS. The van der Waals surface area contributed by atoms with E-state index in [1.54, 1.807) is 0 Å². The van der Waals surface area contributed by atoms with Crippen LogP contribution in [0.25, 0.3) is 5.69 Å². The number of thiocarbonyl (C=S) groups is 1. The van der Waals surface area contributed by atoms with E-state index in [1.165, 1.54) is 5.69 Å². The third kappa shape index (κ3) is 3.77. The average Bonchev–Trinajstić information content (AvgIpc) is 3.50. The SMILES string of the molecule is S=C1N[C@@H](c2ccccn2)[C@@H](c2cccn2-c2cccc(Br)c2)N1C[C@@H]1CCCO1. The lowest BCUT2D eigenvalue weighted by atomic mass is 10.0. The van der Waals surface area contributed by atoms with Gasteiger partial charge in [-0.2, -0.15) is 0 Å². The molecule has 5 nitrogen and oxygen atoms in total. The van der Waals surface area contributed by atoms with Gasteiger partial charge in [-0.25, -0.2) is 0 Å². The Kier molecular flexibility index (Phi) is 5.58. The summed E-state index contributed by atoms with van der Waals surface area (Å²) in [6.07, 6.45) is 6.35. The van der Waals surface area contributed by atoms with Gasteiger partial charge in [-0.15, -0.1) is 0 Å². The third-order valence-electron chi connectivity index (χ3n) is 5.79. The zero-order chi connectivity index (χ0) is 20.5. The van der Waals surface area contributed by atoms with Gasteiger partial charge < -0.3 is 19.5 Å². The van der Waals surface area contributed by atoms with Crippen molar-refractivity contribution in [3.63, 3.8) is 0 Å². The number of hydrogen-bond donors (Lipinski definition) is 1. The van der Waals surface area contributed by atoms with Crippen LogP contribution in [0.4, 0.5) is 0 Å². The molecule has 3 aromatic rings. The topological polar surface area (TPSA) is 42.3 Å². The first-order valence-corrected chi connectivity index (χ1v) is 11.4. The van der Waals surface area contributed by atoms with Crippen molar-refractivity contribution in [3.8, 4) is 5.69 Å². The molecule has 0 aliphatic carbocycles. The van der Waals surface area contributed by atoms with Crippen LogP contribution in [0, 0.1) is 0 Å². The predicted octanol–water partition coefficient (Wildman–Crippen LogP) is 4.79. The number of halogens is 1. The molecule has 2 aliphatic rings. The fraction of sp³-hybridized carbons (Fsp3) is 0.304. The van der Waals surface area contributed by atoms with E-state index in [0.29, 0.717) is 0 Å². The number of nitrogens with one attached hydrogen (secondary N) is 1. The first-order chi connectivity index (χ1) is 14.7. The second-order valence-corrected chi connectivity index (χ2v) is 9.00. The highest BCUT2D eigenvalue weighted by atomic mass is 79.9. The zero-order valence-electron chi connectivity index (χ0n) is 16.4. The minimum absolute atomic E-state index is 0.0191. The molecule has 1 aromatic carbocycles. The number of hydrogen-bond acceptors (Lipinski definition) is 3. The summed E-state index contributed by atoms with van der Waals surface area (Å²) < 4.78 is 9.24. The Morgan fingerprint density at radius 3 is 2.87 bits per heavy atom. The molecule has 7 heteroatoms. The summed E-state index contributed by atoms with van der Waals surface area (Å²) in [5.74, 6) is 0. The second kappa shape index (κ2) is 8.49. The minimum Gasteiger partial charge on any atom is -0.376 e. The average molecular weight is 483 g/mol. The van der Waals surface area contributed by atoms with Crippen molar-refractivity contribution >= 4 is 33.3 Å². The van der Waals surface area contributed by atoms with Gasteiger partial charge >= 0.3 is 0 Å². The van der Waals surface area contributed by atoms with Gasteiger partial charge in [-0.1, -0.05) is 28.1 Å². The van der Waals surface area contributed by atoms with E-state index in [-0.39, 0.29) is 18.2 Å². The Balaban J connectivity index is 1.57. The minimum atomic E-state index is -0.0269. The molecule has 0 saturated carbocycles. The Morgan fingerprint density at radius 1 is 1.17 bits per heavy atom. The van der Waals surface area contributed by atoms with Crippen molar-refractivity contribution in [2.45, 2.75) is 31.0 Å². The first kappa shape index (κ1) is 19.7. The van der Waals surface area contributed by atoms with Crippen molar-refractivity contribution in [2.75, 3.05) is 13.2 Å². The zero-order valence-corrected chi connectivity index (χ0v) is 18.8. The van der Waals surface area contributed by atoms with Crippen LogP contribution in [-0.4, -0.2) is 38.8 Å². The van der Waals surface area contributed by atoms with E-state index in [2.05, 4.69) is 78.3 Å². The van der Waals surface area contributed by atoms with Gasteiger partial charge in [-0.05, 0) is 67.5 Å². The Bertz CT molecular complexity index is 1030. The van der Waals surface area contributed by atoms with Crippen molar-refractivity contribution in [1.29, 1.82) is 0 Å². The van der Waals surface area contributed by atoms with Crippen LogP contribution in [0.3, 0.4) is 0 Å². The maximum absolute atomic E-state index is 5.94. The fourth-order valence-corrected chi connectivity index (χ4v) is 5.13. The maximum Gasteiger partial charge on any atom is 0.170 e. The van der Waals surface area contributed by atoms with Crippen LogP contribution in [0.2, 0.25) is 0 Å². The molecule has 0 amide bonds. The summed E-state index contributed by atoms with van der Waals surface area (Å²) in [7, 11) is 0. The molecule has 0 radical (unpaired) electrons. The van der Waals surface area contributed by atoms with Crippen LogP contribution in [0.5, 0.6) is 0 Å². The molecule has 0 unspecified atom stereocenters. The molecule has 3 atom stereocenters. The van der Waals surface area contributed by atoms with Gasteiger partial charge in [0.2, 0.25) is 0 Å². The van der Waals surface area contributed by atoms with Gasteiger partial charge in [0, 0.05) is 41.4 Å². The molecule has 2 fully saturated rings. The second-order valence-electron chi connectivity index (χ2n) is 7.70. The molecule has 0 spiro atoms. The summed E-state index contributed by atoms with van der Waals surface area (Å²) >= 11 is 9.40. The molecular weight excluding hydrogens is 460 g/mol. The van der Waals surface area contributed by atoms with Crippen LogP contribution in [0.1, 0.15) is 36.3 Å². The van der Waals surface area contributed by atoms with Crippen molar-refractivity contribution in [3.05, 3.63) is 82.9 Å². The lowest BCUT2D eigenvalue weighted by Crippen LogP contribution is -2.36. The molecule has 30 heavy (non-hydrogen) atoms. The summed E-state index contributed by atoms with van der Waals surface area (Å²) in [5.41, 5.74) is 3.27. The Morgan fingerprint density at radius 2 is 2.10 bits per heavy atom. The lowest BCUT2D eigenvalue weighted by Gasteiger charge is -2.30. The van der Waals surface area contributed by atoms with E-state index in [4.69, 9.17) is 17.0 Å². The summed E-state index contributed by atoms with van der Waals surface area (Å²) in [4.78, 5) is 6.93. The normalized spacial score (nSPS) is 23.7. The molecule has 4 heterocycles. The number of nitrogens with zero attached hydrogens (tertiary/aromatic N) is 3. The number of rotatable bonds is 5. The van der Waals surface area contributed by atoms with Gasteiger partial charge in [0.15, 0.2) is 5.11 Å². The lowest BCUT2D eigenvalue weighted by molar-refractivity contribution is 0.0836. The molecule has 154 valence electrons. The van der Waals surface area contributed by atoms with Crippen molar-refractivity contribution in [1.82, 2.24) is 19.8 Å². The smallest absolute Gasteiger partial charge is 0.170 e. The Hall–Kier alpha value is -2.22. The quantitative estimate of drug-likeness (QED) is 0.529. The number of pyridine rings is 1. The van der Waals surface area contributed by atoms with E-state index in [0.717, 1.165) is 47.0 Å². The molecule has 2 aromatic heterocycles. The molecule has 2 saturated heterocycles. The van der Waals surface area contributed by atoms with E-state index < -0.39 is 0 Å². The number of ether oxygens (including phenoxy) is 1. The van der Waals surface area contributed by atoms with Crippen LogP contribution in [-0.2, 0) is 4.74 Å². The predicted molar refractivity (Wildman–Crippen MR) is 125 cm³/mol. The molecule has 0 bridgehead atoms. The first-order valence-electron chi connectivity index (χ1n) is 10.2. The van der Waals surface area contributed by atoms with Crippen LogP contribution >= 0.6 is 28.1 Å². The highest BCUT2D eigenvalue weighted by Crippen LogP contribution is 2.40. The third-order valence-corrected chi connectivity index (χ3v) is 6.64. The van der Waals surface area contributed by atoms with Crippen molar-refractivity contribution < 1.29 is 4.74 Å². The van der Waals surface area contributed by atoms with Gasteiger partial charge in [0.1, 0.15) is 0 Å². The maximum atomic E-state index is 5.94. The van der Waals surface area contributed by atoms with Gasteiger partial charge in [-0.3, -0.25) is 4.98 Å². The highest BCUT2D eigenvalue weighted by molar-refractivity contribution is 9.10. The molecule has 1 N–H and O–H groups in total. The fourth-order valence-electron chi connectivity index (χ4n) is 4.43. The largest absolute Gasteiger partial charge is 0.376 e. The van der Waals surface area contributed by atoms with Gasteiger partial charge in [0.25, 0.3) is 0 Å². The molecule has 2 aliphatic heterocycles. The van der Waals surface area contributed by atoms with E-state index >= 15 is 0 Å². The standard InChI is InChI=1S/C23H23BrN4OS/c24-16-6-3-7-17(14-16)27-12-4-10-20(27)22-21(19-9-1-2-11-25-19)26-23(30)28(22)15-18-8-5-13-29-18/h1-4,6-7,9-12,14,18,21-22H,5,8,13,15H2,(H,26,30)/t18-,21-,22+/m0/s1. The van der Waals surface area contributed by atoms with Gasteiger partial charge in [0.05, 0.1) is 23.9 Å². The van der Waals surface area contributed by atoms with Crippen LogP contribution in [0.15, 0.2) is 71.5 Å². The van der Waals surface area contributed by atoms with Crippen LogP contribution < -0.4 is 5.32 Å². The summed E-state index contributed by atoms with van der Waals surface area (Å²) in [6, 6.07) is 18.7.